The SMILES string of the molecule is CNCC1CCC(C)CC1CCC(C)(C)C. The highest BCUT2D eigenvalue weighted by molar-refractivity contribution is 4.81. The third kappa shape index (κ3) is 4.86. The zero-order valence-corrected chi connectivity index (χ0v) is 12.0. The molecule has 3 atom stereocenters. The van der Waals surface area contributed by atoms with Crippen LogP contribution in [0.4, 0.5) is 0 Å². The molecular formula is C15H31N. The van der Waals surface area contributed by atoms with E-state index < -0.39 is 0 Å². The van der Waals surface area contributed by atoms with Crippen LogP contribution in [-0.4, -0.2) is 13.6 Å². The molecule has 1 heteroatoms. The quantitative estimate of drug-likeness (QED) is 0.760. The summed E-state index contributed by atoms with van der Waals surface area (Å²) >= 11 is 0. The molecule has 96 valence electrons. The molecule has 0 aromatic heterocycles. The van der Waals surface area contributed by atoms with Crippen molar-refractivity contribution >= 4 is 0 Å². The lowest BCUT2D eigenvalue weighted by atomic mass is 9.71. The predicted molar refractivity (Wildman–Crippen MR) is 72.6 cm³/mol. The summed E-state index contributed by atoms with van der Waals surface area (Å²) in [5.74, 6) is 2.86. The van der Waals surface area contributed by atoms with Crippen molar-refractivity contribution in [2.75, 3.05) is 13.6 Å². The third-order valence-corrected chi connectivity index (χ3v) is 4.13. The maximum Gasteiger partial charge on any atom is -0.00209 e. The number of hydrogen-bond donors (Lipinski definition) is 1. The minimum atomic E-state index is 0.505. The van der Waals surface area contributed by atoms with Crippen LogP contribution < -0.4 is 5.32 Å². The van der Waals surface area contributed by atoms with E-state index in [1.54, 1.807) is 0 Å². The lowest BCUT2D eigenvalue weighted by molar-refractivity contribution is 0.159. The molecule has 0 aliphatic heterocycles. The van der Waals surface area contributed by atoms with E-state index in [0.717, 1.165) is 17.8 Å². The Hall–Kier alpha value is -0.0400. The minimum absolute atomic E-state index is 0.505. The molecule has 0 spiro atoms. The molecule has 0 aromatic rings. The average Bonchev–Trinajstić information content (AvgIpc) is 2.17. The maximum absolute atomic E-state index is 3.38. The highest BCUT2D eigenvalue weighted by atomic mass is 14.8. The molecule has 0 aromatic carbocycles. The Balaban J connectivity index is 2.44. The molecule has 3 unspecified atom stereocenters. The highest BCUT2D eigenvalue weighted by Gasteiger charge is 2.28. The zero-order valence-electron chi connectivity index (χ0n) is 12.0. The van der Waals surface area contributed by atoms with Gasteiger partial charge >= 0.3 is 0 Å². The molecule has 1 fully saturated rings. The number of nitrogens with one attached hydrogen (secondary N) is 1. The van der Waals surface area contributed by atoms with Crippen LogP contribution in [0.5, 0.6) is 0 Å². The monoisotopic (exact) mass is 225 g/mol. The van der Waals surface area contributed by atoms with E-state index in [2.05, 4.69) is 40.1 Å². The summed E-state index contributed by atoms with van der Waals surface area (Å²) < 4.78 is 0. The van der Waals surface area contributed by atoms with Gasteiger partial charge in [0.2, 0.25) is 0 Å². The molecule has 1 N–H and O–H groups in total. The second-order valence-corrected chi connectivity index (χ2v) is 7.10. The first-order chi connectivity index (χ1) is 7.42. The van der Waals surface area contributed by atoms with Gasteiger partial charge in [-0.25, -0.2) is 0 Å². The van der Waals surface area contributed by atoms with Gasteiger partial charge in [-0.3, -0.25) is 0 Å². The van der Waals surface area contributed by atoms with Crippen molar-refractivity contribution < 1.29 is 0 Å². The fourth-order valence-electron chi connectivity index (χ4n) is 3.06. The van der Waals surface area contributed by atoms with Gasteiger partial charge in [-0.2, -0.15) is 0 Å². The van der Waals surface area contributed by atoms with Crippen molar-refractivity contribution in [1.82, 2.24) is 5.32 Å². The van der Waals surface area contributed by atoms with Gasteiger partial charge in [-0.05, 0) is 62.4 Å². The number of rotatable bonds is 4. The second-order valence-electron chi connectivity index (χ2n) is 7.10. The van der Waals surface area contributed by atoms with E-state index in [0.29, 0.717) is 5.41 Å². The fraction of sp³-hybridized carbons (Fsp3) is 1.00. The minimum Gasteiger partial charge on any atom is -0.319 e. The first kappa shape index (κ1) is 14.0. The molecule has 0 amide bonds. The van der Waals surface area contributed by atoms with Gasteiger partial charge in [0.1, 0.15) is 0 Å². The Bertz CT molecular complexity index is 192. The molecule has 1 aliphatic carbocycles. The lowest BCUT2D eigenvalue weighted by Crippen LogP contribution is -2.31. The average molecular weight is 225 g/mol. The van der Waals surface area contributed by atoms with Crippen LogP contribution in [0.1, 0.15) is 59.8 Å². The van der Waals surface area contributed by atoms with Crippen LogP contribution >= 0.6 is 0 Å². The Morgan fingerprint density at radius 3 is 2.38 bits per heavy atom. The molecule has 1 aliphatic rings. The topological polar surface area (TPSA) is 12.0 Å². The first-order valence-electron chi connectivity index (χ1n) is 7.07. The van der Waals surface area contributed by atoms with Crippen LogP contribution in [0, 0.1) is 23.2 Å². The standard InChI is InChI=1S/C15H31N/c1-12-6-7-14(11-16-5)13(10-12)8-9-15(2,3)4/h12-14,16H,6-11H2,1-5H3. The van der Waals surface area contributed by atoms with Gasteiger partial charge in [0.25, 0.3) is 0 Å². The van der Waals surface area contributed by atoms with E-state index in [1.807, 2.05) is 0 Å². The van der Waals surface area contributed by atoms with Crippen molar-refractivity contribution in [1.29, 1.82) is 0 Å². The summed E-state index contributed by atoms with van der Waals surface area (Å²) in [7, 11) is 2.10. The van der Waals surface area contributed by atoms with Gasteiger partial charge in [-0.1, -0.05) is 34.1 Å². The lowest BCUT2D eigenvalue weighted by Gasteiger charge is -2.36. The van der Waals surface area contributed by atoms with E-state index >= 15 is 0 Å². The largest absolute Gasteiger partial charge is 0.319 e. The molecule has 0 radical (unpaired) electrons. The van der Waals surface area contributed by atoms with Crippen molar-refractivity contribution in [2.24, 2.45) is 23.2 Å². The van der Waals surface area contributed by atoms with Crippen LogP contribution in [0.25, 0.3) is 0 Å². The van der Waals surface area contributed by atoms with E-state index in [-0.39, 0.29) is 0 Å². The van der Waals surface area contributed by atoms with Gasteiger partial charge in [-0.15, -0.1) is 0 Å². The fourth-order valence-corrected chi connectivity index (χ4v) is 3.06. The van der Waals surface area contributed by atoms with Crippen molar-refractivity contribution in [3.8, 4) is 0 Å². The van der Waals surface area contributed by atoms with E-state index in [4.69, 9.17) is 0 Å². The van der Waals surface area contributed by atoms with Crippen LogP contribution in [0.15, 0.2) is 0 Å². The predicted octanol–water partition coefficient (Wildman–Crippen LogP) is 4.08. The molecule has 1 rings (SSSR count). The van der Waals surface area contributed by atoms with Gasteiger partial charge in [0, 0.05) is 0 Å². The van der Waals surface area contributed by atoms with E-state index in [1.165, 1.54) is 38.6 Å². The maximum atomic E-state index is 3.38. The smallest absolute Gasteiger partial charge is 0.00209 e. The Morgan fingerprint density at radius 1 is 1.12 bits per heavy atom. The molecule has 0 saturated heterocycles. The van der Waals surface area contributed by atoms with Crippen molar-refractivity contribution in [3.63, 3.8) is 0 Å². The molecule has 0 heterocycles. The van der Waals surface area contributed by atoms with Crippen molar-refractivity contribution in [2.45, 2.75) is 59.8 Å². The molecule has 1 nitrogen and oxygen atoms in total. The Kier molecular flexibility index (Phi) is 5.30. The zero-order chi connectivity index (χ0) is 12.2. The normalized spacial score (nSPS) is 31.7. The van der Waals surface area contributed by atoms with Gasteiger partial charge in [0.15, 0.2) is 0 Å². The molecule has 16 heavy (non-hydrogen) atoms. The summed E-state index contributed by atoms with van der Waals surface area (Å²) in [4.78, 5) is 0. The van der Waals surface area contributed by atoms with Crippen LogP contribution in [-0.2, 0) is 0 Å². The molecular weight excluding hydrogens is 194 g/mol. The molecule has 1 saturated carbocycles. The Labute approximate surface area is 102 Å². The summed E-state index contributed by atoms with van der Waals surface area (Å²) in [6.45, 7) is 10.8. The summed E-state index contributed by atoms with van der Waals surface area (Å²) in [6, 6.07) is 0. The van der Waals surface area contributed by atoms with E-state index in [9.17, 15) is 0 Å². The summed E-state index contributed by atoms with van der Waals surface area (Å²) in [6.07, 6.45) is 7.16. The third-order valence-electron chi connectivity index (χ3n) is 4.13. The molecule has 0 bridgehead atoms. The summed E-state index contributed by atoms with van der Waals surface area (Å²) in [5.41, 5.74) is 0.505. The summed E-state index contributed by atoms with van der Waals surface area (Å²) in [5, 5.41) is 3.38. The Morgan fingerprint density at radius 2 is 1.81 bits per heavy atom. The second kappa shape index (κ2) is 6.05. The van der Waals surface area contributed by atoms with Crippen LogP contribution in [0.2, 0.25) is 0 Å². The first-order valence-corrected chi connectivity index (χ1v) is 7.07. The highest BCUT2D eigenvalue weighted by Crippen LogP contribution is 2.38. The van der Waals surface area contributed by atoms with Gasteiger partial charge < -0.3 is 5.32 Å². The number of hydrogen-bond acceptors (Lipinski definition) is 1. The van der Waals surface area contributed by atoms with Gasteiger partial charge in [0.05, 0.1) is 0 Å². The van der Waals surface area contributed by atoms with Crippen LogP contribution in [0.3, 0.4) is 0 Å². The van der Waals surface area contributed by atoms with Crippen molar-refractivity contribution in [3.05, 3.63) is 0 Å².